The Hall–Kier alpha value is -0.0400. The van der Waals surface area contributed by atoms with Gasteiger partial charge in [-0.2, -0.15) is 0 Å². The van der Waals surface area contributed by atoms with Gasteiger partial charge in [0.1, 0.15) is 0 Å². The molecule has 0 fully saturated rings. The molecule has 0 saturated carbocycles. The molecule has 0 heterocycles. The first-order valence-corrected chi connectivity index (χ1v) is 6.60. The second kappa shape index (κ2) is 8.15. The SMILES string of the molecule is CCCCCC[C@H](CCO)CC(C)(C)C. The molecule has 0 rings (SSSR count). The highest BCUT2D eigenvalue weighted by atomic mass is 16.3. The topological polar surface area (TPSA) is 20.2 Å². The quantitative estimate of drug-likeness (QED) is 0.594. The summed E-state index contributed by atoms with van der Waals surface area (Å²) < 4.78 is 0. The van der Waals surface area contributed by atoms with E-state index in [0.29, 0.717) is 12.0 Å². The molecular formula is C14H30O. The molecule has 0 saturated heterocycles. The fourth-order valence-electron chi connectivity index (χ4n) is 2.26. The zero-order valence-corrected chi connectivity index (χ0v) is 11.2. The molecule has 92 valence electrons. The summed E-state index contributed by atoms with van der Waals surface area (Å²) in [6.45, 7) is 9.49. The zero-order chi connectivity index (χ0) is 11.7. The Morgan fingerprint density at radius 2 is 1.67 bits per heavy atom. The van der Waals surface area contributed by atoms with Gasteiger partial charge >= 0.3 is 0 Å². The van der Waals surface area contributed by atoms with Crippen LogP contribution in [-0.4, -0.2) is 11.7 Å². The van der Waals surface area contributed by atoms with Crippen molar-refractivity contribution in [3.05, 3.63) is 0 Å². The van der Waals surface area contributed by atoms with Crippen LogP contribution in [0.1, 0.15) is 72.6 Å². The summed E-state index contributed by atoms with van der Waals surface area (Å²) in [4.78, 5) is 0. The highest BCUT2D eigenvalue weighted by Gasteiger charge is 2.17. The summed E-state index contributed by atoms with van der Waals surface area (Å²) in [6, 6.07) is 0. The van der Waals surface area contributed by atoms with Gasteiger partial charge in [0, 0.05) is 6.61 Å². The number of aliphatic hydroxyl groups excluding tert-OH is 1. The zero-order valence-electron chi connectivity index (χ0n) is 11.2. The molecule has 0 radical (unpaired) electrons. The second-order valence-corrected chi connectivity index (χ2v) is 5.99. The lowest BCUT2D eigenvalue weighted by Crippen LogP contribution is -2.14. The van der Waals surface area contributed by atoms with Crippen molar-refractivity contribution in [1.82, 2.24) is 0 Å². The predicted octanol–water partition coefficient (Wildman–Crippen LogP) is 4.39. The third kappa shape index (κ3) is 10.2. The van der Waals surface area contributed by atoms with Gasteiger partial charge in [0.05, 0.1) is 0 Å². The van der Waals surface area contributed by atoms with E-state index in [1.165, 1.54) is 38.5 Å². The van der Waals surface area contributed by atoms with Crippen LogP contribution < -0.4 is 0 Å². The lowest BCUT2D eigenvalue weighted by atomic mass is 9.81. The first-order valence-electron chi connectivity index (χ1n) is 6.60. The van der Waals surface area contributed by atoms with Crippen molar-refractivity contribution in [2.24, 2.45) is 11.3 Å². The molecule has 0 aromatic heterocycles. The lowest BCUT2D eigenvalue weighted by Gasteiger charge is -2.25. The van der Waals surface area contributed by atoms with E-state index in [1.54, 1.807) is 0 Å². The molecule has 0 spiro atoms. The van der Waals surface area contributed by atoms with Crippen molar-refractivity contribution in [1.29, 1.82) is 0 Å². The van der Waals surface area contributed by atoms with E-state index in [9.17, 15) is 0 Å². The van der Waals surface area contributed by atoms with Crippen molar-refractivity contribution in [2.75, 3.05) is 6.61 Å². The number of hydrogen-bond donors (Lipinski definition) is 1. The minimum absolute atomic E-state index is 0.356. The fourth-order valence-corrected chi connectivity index (χ4v) is 2.26. The molecular weight excluding hydrogens is 184 g/mol. The molecule has 1 atom stereocenters. The van der Waals surface area contributed by atoms with Gasteiger partial charge < -0.3 is 5.11 Å². The van der Waals surface area contributed by atoms with Crippen molar-refractivity contribution in [3.8, 4) is 0 Å². The minimum atomic E-state index is 0.356. The maximum Gasteiger partial charge on any atom is 0.0433 e. The van der Waals surface area contributed by atoms with Gasteiger partial charge in [0.2, 0.25) is 0 Å². The highest BCUT2D eigenvalue weighted by Crippen LogP contribution is 2.29. The Labute approximate surface area is 96.3 Å². The van der Waals surface area contributed by atoms with Gasteiger partial charge in [-0.1, -0.05) is 59.8 Å². The Morgan fingerprint density at radius 1 is 1.00 bits per heavy atom. The van der Waals surface area contributed by atoms with Crippen LogP contribution in [0.2, 0.25) is 0 Å². The van der Waals surface area contributed by atoms with Crippen LogP contribution in [-0.2, 0) is 0 Å². The van der Waals surface area contributed by atoms with Crippen LogP contribution in [0.4, 0.5) is 0 Å². The van der Waals surface area contributed by atoms with E-state index in [0.717, 1.165) is 12.3 Å². The summed E-state index contributed by atoms with van der Waals surface area (Å²) in [5.74, 6) is 0.729. The number of aliphatic hydroxyl groups is 1. The summed E-state index contributed by atoms with van der Waals surface area (Å²) in [5, 5.41) is 9.04. The van der Waals surface area contributed by atoms with Gasteiger partial charge in [-0.05, 0) is 24.2 Å². The molecule has 0 aliphatic carbocycles. The lowest BCUT2D eigenvalue weighted by molar-refractivity contribution is 0.207. The van der Waals surface area contributed by atoms with Crippen LogP contribution in [0, 0.1) is 11.3 Å². The van der Waals surface area contributed by atoms with E-state index in [-0.39, 0.29) is 0 Å². The summed E-state index contributed by atoms with van der Waals surface area (Å²) in [7, 11) is 0. The third-order valence-electron chi connectivity index (χ3n) is 2.90. The van der Waals surface area contributed by atoms with Crippen molar-refractivity contribution in [2.45, 2.75) is 72.6 Å². The summed E-state index contributed by atoms with van der Waals surface area (Å²) in [5.41, 5.74) is 0.407. The molecule has 0 unspecified atom stereocenters. The predicted molar refractivity (Wildman–Crippen MR) is 68.0 cm³/mol. The minimum Gasteiger partial charge on any atom is -0.396 e. The number of hydrogen-bond acceptors (Lipinski definition) is 1. The van der Waals surface area contributed by atoms with E-state index in [2.05, 4.69) is 27.7 Å². The van der Waals surface area contributed by atoms with Gasteiger partial charge in [-0.25, -0.2) is 0 Å². The Bertz CT molecular complexity index is 135. The van der Waals surface area contributed by atoms with Gasteiger partial charge in [-0.15, -0.1) is 0 Å². The molecule has 1 N–H and O–H groups in total. The van der Waals surface area contributed by atoms with Gasteiger partial charge in [0.15, 0.2) is 0 Å². The maximum atomic E-state index is 9.04. The fraction of sp³-hybridized carbons (Fsp3) is 1.00. The van der Waals surface area contributed by atoms with Crippen LogP contribution >= 0.6 is 0 Å². The van der Waals surface area contributed by atoms with E-state index in [1.807, 2.05) is 0 Å². The molecule has 0 aliphatic heterocycles. The first kappa shape index (κ1) is 15.0. The summed E-state index contributed by atoms with van der Waals surface area (Å²) in [6.07, 6.45) is 8.92. The first-order chi connectivity index (χ1) is 6.99. The smallest absolute Gasteiger partial charge is 0.0433 e. The average molecular weight is 214 g/mol. The van der Waals surface area contributed by atoms with Crippen molar-refractivity contribution >= 4 is 0 Å². The van der Waals surface area contributed by atoms with Crippen LogP contribution in [0.5, 0.6) is 0 Å². The molecule has 0 aromatic carbocycles. The van der Waals surface area contributed by atoms with E-state index in [4.69, 9.17) is 5.11 Å². The molecule has 0 bridgehead atoms. The van der Waals surface area contributed by atoms with Crippen LogP contribution in [0.15, 0.2) is 0 Å². The summed E-state index contributed by atoms with van der Waals surface area (Å²) >= 11 is 0. The van der Waals surface area contributed by atoms with Gasteiger partial charge in [0.25, 0.3) is 0 Å². The molecule has 0 aromatic rings. The van der Waals surface area contributed by atoms with Crippen molar-refractivity contribution in [3.63, 3.8) is 0 Å². The molecule has 1 nitrogen and oxygen atoms in total. The van der Waals surface area contributed by atoms with Gasteiger partial charge in [-0.3, -0.25) is 0 Å². The van der Waals surface area contributed by atoms with Crippen LogP contribution in [0.25, 0.3) is 0 Å². The second-order valence-electron chi connectivity index (χ2n) is 5.99. The van der Waals surface area contributed by atoms with Crippen molar-refractivity contribution < 1.29 is 5.11 Å². The number of rotatable bonds is 8. The molecule has 15 heavy (non-hydrogen) atoms. The third-order valence-corrected chi connectivity index (χ3v) is 2.90. The van der Waals surface area contributed by atoms with E-state index >= 15 is 0 Å². The Balaban J connectivity index is 3.73. The Morgan fingerprint density at radius 3 is 2.13 bits per heavy atom. The normalized spacial score (nSPS) is 14.2. The number of unbranched alkanes of at least 4 members (excludes halogenated alkanes) is 3. The largest absolute Gasteiger partial charge is 0.396 e. The van der Waals surface area contributed by atoms with Crippen LogP contribution in [0.3, 0.4) is 0 Å². The average Bonchev–Trinajstić information content (AvgIpc) is 2.10. The Kier molecular flexibility index (Phi) is 8.13. The molecule has 0 amide bonds. The standard InChI is InChI=1S/C14H30O/c1-5-6-7-8-9-13(10-11-15)12-14(2,3)4/h13,15H,5-12H2,1-4H3/t13-/m1/s1. The maximum absolute atomic E-state index is 9.04. The molecule has 0 aliphatic rings. The monoisotopic (exact) mass is 214 g/mol. The van der Waals surface area contributed by atoms with E-state index < -0.39 is 0 Å². The highest BCUT2D eigenvalue weighted by molar-refractivity contribution is 4.69. The molecule has 1 heteroatoms.